The highest BCUT2D eigenvalue weighted by Crippen LogP contribution is 2.20. The van der Waals surface area contributed by atoms with Gasteiger partial charge >= 0.3 is 5.97 Å². The predicted octanol–water partition coefficient (Wildman–Crippen LogP) is 2.20. The van der Waals surface area contributed by atoms with Crippen LogP contribution in [0.15, 0.2) is 18.2 Å². The lowest BCUT2D eigenvalue weighted by Crippen LogP contribution is -2.08. The summed E-state index contributed by atoms with van der Waals surface area (Å²) in [6.45, 7) is 7.09. The van der Waals surface area contributed by atoms with Crippen molar-refractivity contribution in [3.63, 3.8) is 0 Å². The summed E-state index contributed by atoms with van der Waals surface area (Å²) in [4.78, 5) is 11.6. The maximum atomic E-state index is 11.6. The van der Waals surface area contributed by atoms with Crippen molar-refractivity contribution >= 4 is 11.7 Å². The molecule has 0 bridgehead atoms. The number of ether oxygens (including phenoxy) is 1. The van der Waals surface area contributed by atoms with E-state index in [1.54, 1.807) is 12.1 Å². The van der Waals surface area contributed by atoms with Gasteiger partial charge in [-0.2, -0.15) is 5.10 Å². The summed E-state index contributed by atoms with van der Waals surface area (Å²) in [6, 6.07) is 5.44. The average molecular weight is 317 g/mol. The molecule has 1 aromatic heterocycles. The first-order valence-electron chi connectivity index (χ1n) is 7.54. The van der Waals surface area contributed by atoms with Crippen LogP contribution in [0, 0.1) is 20.8 Å². The highest BCUT2D eigenvalue weighted by molar-refractivity contribution is 5.90. The molecule has 6 heteroatoms. The third kappa shape index (κ3) is 3.71. The molecular formula is C17H23N3O3. The van der Waals surface area contributed by atoms with Crippen LogP contribution in [0.5, 0.6) is 0 Å². The Labute approximate surface area is 136 Å². The van der Waals surface area contributed by atoms with Crippen LogP contribution in [0.25, 0.3) is 0 Å². The van der Waals surface area contributed by atoms with Crippen LogP contribution in [0.2, 0.25) is 0 Å². The summed E-state index contributed by atoms with van der Waals surface area (Å²) in [5.41, 5.74) is 5.53. The fraction of sp³-hybridized carbons (Fsp3) is 0.412. The van der Waals surface area contributed by atoms with Gasteiger partial charge in [-0.1, -0.05) is 6.07 Å². The van der Waals surface area contributed by atoms with Crippen LogP contribution < -0.4 is 5.32 Å². The molecule has 0 aliphatic carbocycles. The first-order chi connectivity index (χ1) is 11.0. The molecule has 2 N–H and O–H groups in total. The number of aryl methyl sites for hydroxylation is 2. The van der Waals surface area contributed by atoms with E-state index in [-0.39, 0.29) is 12.6 Å². The van der Waals surface area contributed by atoms with Gasteiger partial charge < -0.3 is 15.2 Å². The van der Waals surface area contributed by atoms with Crippen molar-refractivity contribution in [1.29, 1.82) is 0 Å². The van der Waals surface area contributed by atoms with Crippen molar-refractivity contribution in [1.82, 2.24) is 9.78 Å². The van der Waals surface area contributed by atoms with Gasteiger partial charge in [-0.15, -0.1) is 0 Å². The Morgan fingerprint density at radius 2 is 2.09 bits per heavy atom. The molecule has 0 amide bonds. The van der Waals surface area contributed by atoms with Crippen LogP contribution in [-0.4, -0.2) is 34.6 Å². The van der Waals surface area contributed by atoms with Crippen molar-refractivity contribution in [2.24, 2.45) is 0 Å². The number of aliphatic hydroxyl groups is 1. The first-order valence-corrected chi connectivity index (χ1v) is 7.54. The molecule has 124 valence electrons. The van der Waals surface area contributed by atoms with E-state index in [4.69, 9.17) is 9.84 Å². The number of hydrogen-bond donors (Lipinski definition) is 2. The smallest absolute Gasteiger partial charge is 0.337 e. The van der Waals surface area contributed by atoms with Gasteiger partial charge in [-0.3, -0.25) is 4.68 Å². The van der Waals surface area contributed by atoms with Gasteiger partial charge in [0.05, 0.1) is 31.5 Å². The van der Waals surface area contributed by atoms with E-state index in [1.165, 1.54) is 7.11 Å². The number of methoxy groups -OCH3 is 1. The van der Waals surface area contributed by atoms with Gasteiger partial charge in [0, 0.05) is 23.5 Å². The average Bonchev–Trinajstić information content (AvgIpc) is 2.80. The van der Waals surface area contributed by atoms with Gasteiger partial charge in [0.2, 0.25) is 0 Å². The lowest BCUT2D eigenvalue weighted by Gasteiger charge is -2.11. The van der Waals surface area contributed by atoms with Crippen LogP contribution in [0.1, 0.15) is 32.9 Å². The van der Waals surface area contributed by atoms with Crippen molar-refractivity contribution in [3.8, 4) is 0 Å². The zero-order valence-corrected chi connectivity index (χ0v) is 14.0. The van der Waals surface area contributed by atoms with Gasteiger partial charge in [-0.25, -0.2) is 4.79 Å². The Bertz CT molecular complexity index is 707. The second-order valence-electron chi connectivity index (χ2n) is 5.47. The Hall–Kier alpha value is -2.34. The van der Waals surface area contributed by atoms with Crippen molar-refractivity contribution in [2.45, 2.75) is 33.9 Å². The SMILES string of the molecule is COC(=O)c1ccc(C)c(NCc2c(C)nn(CCO)c2C)c1. The van der Waals surface area contributed by atoms with E-state index in [9.17, 15) is 4.79 Å². The predicted molar refractivity (Wildman–Crippen MR) is 88.6 cm³/mol. The summed E-state index contributed by atoms with van der Waals surface area (Å²) in [5.74, 6) is -0.351. The van der Waals surface area contributed by atoms with Gasteiger partial charge in [0.25, 0.3) is 0 Å². The lowest BCUT2D eigenvalue weighted by molar-refractivity contribution is 0.0601. The number of carbonyl (C=O) groups excluding carboxylic acids is 1. The maximum Gasteiger partial charge on any atom is 0.337 e. The Kier molecular flexibility index (Phi) is 5.39. The number of rotatable bonds is 6. The number of benzene rings is 1. The topological polar surface area (TPSA) is 76.4 Å². The second kappa shape index (κ2) is 7.28. The number of carbonyl (C=O) groups is 1. The molecular weight excluding hydrogens is 294 g/mol. The molecule has 0 spiro atoms. The van der Waals surface area contributed by atoms with Crippen LogP contribution in [-0.2, 0) is 17.8 Å². The molecule has 0 aliphatic heterocycles. The molecule has 0 saturated carbocycles. The van der Waals surface area contributed by atoms with E-state index in [0.29, 0.717) is 18.7 Å². The van der Waals surface area contributed by atoms with E-state index in [1.807, 2.05) is 31.5 Å². The van der Waals surface area contributed by atoms with Crippen molar-refractivity contribution < 1.29 is 14.6 Å². The number of aliphatic hydroxyl groups excluding tert-OH is 1. The van der Waals surface area contributed by atoms with E-state index >= 15 is 0 Å². The molecule has 6 nitrogen and oxygen atoms in total. The minimum atomic E-state index is -0.351. The fourth-order valence-electron chi connectivity index (χ4n) is 2.54. The lowest BCUT2D eigenvalue weighted by atomic mass is 10.1. The third-order valence-corrected chi connectivity index (χ3v) is 3.96. The number of aromatic nitrogens is 2. The monoisotopic (exact) mass is 317 g/mol. The minimum absolute atomic E-state index is 0.0646. The number of hydrogen-bond acceptors (Lipinski definition) is 5. The number of nitrogens with zero attached hydrogens (tertiary/aromatic N) is 2. The van der Waals surface area contributed by atoms with Crippen LogP contribution >= 0.6 is 0 Å². The van der Waals surface area contributed by atoms with Gasteiger partial charge in [0.15, 0.2) is 0 Å². The summed E-state index contributed by atoms with van der Waals surface area (Å²) in [7, 11) is 1.37. The number of nitrogens with one attached hydrogen (secondary N) is 1. The minimum Gasteiger partial charge on any atom is -0.465 e. The maximum absolute atomic E-state index is 11.6. The Balaban J connectivity index is 2.19. The summed E-state index contributed by atoms with van der Waals surface area (Å²) in [6.07, 6.45) is 0. The second-order valence-corrected chi connectivity index (χ2v) is 5.47. The molecule has 0 fully saturated rings. The van der Waals surface area contributed by atoms with E-state index in [0.717, 1.165) is 28.2 Å². The van der Waals surface area contributed by atoms with Gasteiger partial charge in [-0.05, 0) is 38.5 Å². The molecule has 2 rings (SSSR count). The first kappa shape index (κ1) is 17.0. The largest absolute Gasteiger partial charge is 0.465 e. The highest BCUT2D eigenvalue weighted by Gasteiger charge is 2.12. The summed E-state index contributed by atoms with van der Waals surface area (Å²) >= 11 is 0. The van der Waals surface area contributed by atoms with Gasteiger partial charge in [0.1, 0.15) is 0 Å². The zero-order chi connectivity index (χ0) is 17.0. The number of esters is 1. The standard InChI is InChI=1S/C17H23N3O3/c1-11-5-6-14(17(22)23-4)9-16(11)18-10-15-12(2)19-20(7-8-21)13(15)3/h5-6,9,18,21H,7-8,10H2,1-4H3. The molecule has 0 unspecified atom stereocenters. The number of anilines is 1. The molecule has 0 aliphatic rings. The quantitative estimate of drug-likeness (QED) is 0.799. The molecule has 2 aromatic rings. The summed E-state index contributed by atoms with van der Waals surface area (Å²) in [5, 5.41) is 16.9. The van der Waals surface area contributed by atoms with E-state index < -0.39 is 0 Å². The molecule has 1 heterocycles. The molecule has 1 aromatic carbocycles. The van der Waals surface area contributed by atoms with Crippen LogP contribution in [0.4, 0.5) is 5.69 Å². The molecule has 0 saturated heterocycles. The normalized spacial score (nSPS) is 10.7. The molecule has 0 atom stereocenters. The fourth-order valence-corrected chi connectivity index (χ4v) is 2.54. The van der Waals surface area contributed by atoms with E-state index in [2.05, 4.69) is 10.4 Å². The van der Waals surface area contributed by atoms with Crippen molar-refractivity contribution in [2.75, 3.05) is 19.0 Å². The highest BCUT2D eigenvalue weighted by atomic mass is 16.5. The van der Waals surface area contributed by atoms with Crippen LogP contribution in [0.3, 0.4) is 0 Å². The molecule has 0 radical (unpaired) electrons. The summed E-state index contributed by atoms with van der Waals surface area (Å²) < 4.78 is 6.57. The van der Waals surface area contributed by atoms with Crippen molar-refractivity contribution in [3.05, 3.63) is 46.3 Å². The zero-order valence-electron chi connectivity index (χ0n) is 14.0. The Morgan fingerprint density at radius 1 is 1.35 bits per heavy atom. The molecule has 23 heavy (non-hydrogen) atoms. The Morgan fingerprint density at radius 3 is 2.74 bits per heavy atom. The third-order valence-electron chi connectivity index (χ3n) is 3.96.